The van der Waals surface area contributed by atoms with Gasteiger partial charge in [0.05, 0.1) is 0 Å². The molecular weight excluding hydrogens is 240 g/mol. The Labute approximate surface area is 124 Å². The van der Waals surface area contributed by atoms with Gasteiger partial charge in [-0.2, -0.15) is 0 Å². The first kappa shape index (κ1) is 13.2. The zero-order valence-electron chi connectivity index (χ0n) is 13.7. The van der Waals surface area contributed by atoms with E-state index >= 15 is 0 Å². The number of hydrogen-bond acceptors (Lipinski definition) is 0. The van der Waals surface area contributed by atoms with Gasteiger partial charge in [0.25, 0.3) is 0 Å². The average Bonchev–Trinajstić information content (AvgIpc) is 3.07. The molecule has 4 aliphatic carbocycles. The molecule has 4 aliphatic rings. The van der Waals surface area contributed by atoms with Crippen LogP contribution in [0.1, 0.15) is 66.2 Å². The molecule has 0 aliphatic heterocycles. The van der Waals surface area contributed by atoms with Crippen LogP contribution in [0.3, 0.4) is 0 Å². The lowest BCUT2D eigenvalue weighted by Crippen LogP contribution is -2.24. The Kier molecular flexibility index (Phi) is 2.65. The Morgan fingerprint density at radius 1 is 0.700 bits per heavy atom. The van der Waals surface area contributed by atoms with Crippen LogP contribution in [0.25, 0.3) is 0 Å². The minimum atomic E-state index is 0.474. The molecule has 0 radical (unpaired) electrons. The van der Waals surface area contributed by atoms with E-state index in [1.54, 1.807) is 11.1 Å². The molecule has 0 aromatic rings. The molecule has 4 atom stereocenters. The van der Waals surface area contributed by atoms with Crippen molar-refractivity contribution in [2.45, 2.75) is 66.2 Å². The van der Waals surface area contributed by atoms with Crippen molar-refractivity contribution in [2.24, 2.45) is 34.5 Å². The van der Waals surface area contributed by atoms with Crippen molar-refractivity contribution in [1.82, 2.24) is 0 Å². The molecule has 4 rings (SSSR count). The van der Waals surface area contributed by atoms with Crippen LogP contribution in [0.5, 0.6) is 0 Å². The predicted molar refractivity (Wildman–Crippen MR) is 85.4 cm³/mol. The topological polar surface area (TPSA) is 0 Å². The van der Waals surface area contributed by atoms with E-state index in [9.17, 15) is 0 Å². The van der Waals surface area contributed by atoms with Crippen molar-refractivity contribution >= 4 is 0 Å². The fraction of sp³-hybridized carbons (Fsp3) is 0.800. The van der Waals surface area contributed by atoms with Gasteiger partial charge in [0.15, 0.2) is 0 Å². The van der Waals surface area contributed by atoms with Gasteiger partial charge in [-0.1, -0.05) is 51.0 Å². The van der Waals surface area contributed by atoms with Gasteiger partial charge in [0, 0.05) is 0 Å². The lowest BCUT2D eigenvalue weighted by Gasteiger charge is -2.34. The molecule has 110 valence electrons. The molecule has 4 fully saturated rings. The second kappa shape index (κ2) is 4.02. The molecule has 0 N–H and O–H groups in total. The maximum absolute atomic E-state index is 2.57. The quantitative estimate of drug-likeness (QED) is 0.569. The van der Waals surface area contributed by atoms with E-state index in [4.69, 9.17) is 0 Å². The van der Waals surface area contributed by atoms with Gasteiger partial charge in [-0.3, -0.25) is 0 Å². The van der Waals surface area contributed by atoms with Crippen molar-refractivity contribution in [3.05, 3.63) is 23.3 Å². The number of fused-ring (bicyclic) bond motifs is 4. The van der Waals surface area contributed by atoms with Crippen molar-refractivity contribution in [3.63, 3.8) is 0 Å². The predicted octanol–water partition coefficient (Wildman–Crippen LogP) is 5.75. The zero-order valence-corrected chi connectivity index (χ0v) is 13.7. The van der Waals surface area contributed by atoms with Crippen molar-refractivity contribution in [2.75, 3.05) is 0 Å². The van der Waals surface area contributed by atoms with Crippen molar-refractivity contribution in [3.8, 4) is 0 Å². The maximum atomic E-state index is 2.57. The molecule has 0 saturated heterocycles. The van der Waals surface area contributed by atoms with Crippen molar-refractivity contribution < 1.29 is 0 Å². The summed E-state index contributed by atoms with van der Waals surface area (Å²) in [5.41, 5.74) is 4.50. The molecule has 4 bridgehead atoms. The maximum Gasteiger partial charge on any atom is -0.0110 e. The van der Waals surface area contributed by atoms with E-state index < -0.39 is 0 Å². The standard InChI is InChI=1S/C20H30/c1-19(2)15-7-5-13(11-15)17(19)9-10-18-14-6-8-16(12-14)20(18,3)4/h9-10,13-16H,5-8,11-12H2,1-4H3/b17-9+,18-10+. The lowest BCUT2D eigenvalue weighted by atomic mass is 9.71. The molecule has 0 heteroatoms. The molecule has 0 nitrogen and oxygen atoms in total. The summed E-state index contributed by atoms with van der Waals surface area (Å²) in [6.07, 6.45) is 13.9. The third kappa shape index (κ3) is 1.60. The summed E-state index contributed by atoms with van der Waals surface area (Å²) >= 11 is 0. The fourth-order valence-corrected chi connectivity index (χ4v) is 6.24. The fourth-order valence-electron chi connectivity index (χ4n) is 6.24. The van der Waals surface area contributed by atoms with E-state index in [-0.39, 0.29) is 0 Å². The summed E-state index contributed by atoms with van der Waals surface area (Å²) in [6, 6.07) is 0. The Balaban J connectivity index is 1.67. The van der Waals surface area contributed by atoms with E-state index in [0.29, 0.717) is 10.8 Å². The molecule has 0 amide bonds. The van der Waals surface area contributed by atoms with Gasteiger partial charge in [-0.15, -0.1) is 0 Å². The molecule has 0 aromatic heterocycles. The minimum absolute atomic E-state index is 0.474. The number of hydrogen-bond donors (Lipinski definition) is 0. The highest BCUT2D eigenvalue weighted by Crippen LogP contribution is 2.61. The van der Waals surface area contributed by atoms with Crippen LogP contribution in [0.4, 0.5) is 0 Å². The first-order valence-corrected chi connectivity index (χ1v) is 8.83. The van der Waals surface area contributed by atoms with Crippen LogP contribution < -0.4 is 0 Å². The third-order valence-corrected chi connectivity index (χ3v) is 7.72. The summed E-state index contributed by atoms with van der Waals surface area (Å²) in [4.78, 5) is 0. The zero-order chi connectivity index (χ0) is 14.1. The van der Waals surface area contributed by atoms with Gasteiger partial charge >= 0.3 is 0 Å². The van der Waals surface area contributed by atoms with Crippen LogP contribution >= 0.6 is 0 Å². The Morgan fingerprint density at radius 2 is 1.10 bits per heavy atom. The highest BCUT2D eigenvalue weighted by Gasteiger charge is 2.50. The molecule has 4 saturated carbocycles. The molecule has 4 unspecified atom stereocenters. The molecule has 0 aromatic carbocycles. The summed E-state index contributed by atoms with van der Waals surface area (Å²) in [5, 5.41) is 0. The number of rotatable bonds is 1. The van der Waals surface area contributed by atoms with E-state index in [2.05, 4.69) is 39.8 Å². The van der Waals surface area contributed by atoms with Gasteiger partial charge in [-0.25, -0.2) is 0 Å². The Bertz CT molecular complexity index is 442. The van der Waals surface area contributed by atoms with Gasteiger partial charge in [0.2, 0.25) is 0 Å². The molecule has 0 spiro atoms. The smallest absolute Gasteiger partial charge is 0.0110 e. The van der Waals surface area contributed by atoms with Crippen LogP contribution in [-0.4, -0.2) is 0 Å². The first-order chi connectivity index (χ1) is 9.40. The van der Waals surface area contributed by atoms with Crippen molar-refractivity contribution in [1.29, 1.82) is 0 Å². The Morgan fingerprint density at radius 3 is 1.40 bits per heavy atom. The molecule has 0 heterocycles. The highest BCUT2D eigenvalue weighted by atomic mass is 14.5. The summed E-state index contributed by atoms with van der Waals surface area (Å²) < 4.78 is 0. The van der Waals surface area contributed by atoms with E-state index in [0.717, 1.165) is 23.7 Å². The lowest BCUT2D eigenvalue weighted by molar-refractivity contribution is 0.285. The van der Waals surface area contributed by atoms with Crippen LogP contribution in [0.15, 0.2) is 23.3 Å². The summed E-state index contributed by atoms with van der Waals surface area (Å²) in [7, 11) is 0. The van der Waals surface area contributed by atoms with Crippen LogP contribution in [-0.2, 0) is 0 Å². The van der Waals surface area contributed by atoms with E-state index in [1.165, 1.54) is 38.5 Å². The summed E-state index contributed by atoms with van der Waals surface area (Å²) in [6.45, 7) is 9.97. The van der Waals surface area contributed by atoms with E-state index in [1.807, 2.05) is 0 Å². The second-order valence-electron chi connectivity index (χ2n) is 9.10. The molecular formula is C20H30. The SMILES string of the molecule is CC1(C)/C(=C/C=C2\C3CCC(C3)C2(C)C)C2CCC1C2. The third-order valence-electron chi connectivity index (χ3n) is 7.72. The number of allylic oxidation sites excluding steroid dienone is 4. The normalized spacial score (nSPS) is 47.8. The summed E-state index contributed by atoms with van der Waals surface area (Å²) in [5.74, 6) is 3.75. The largest absolute Gasteiger partial charge is 0.0622 e. The molecule has 20 heavy (non-hydrogen) atoms. The van der Waals surface area contributed by atoms with Gasteiger partial charge in [-0.05, 0) is 73.0 Å². The van der Waals surface area contributed by atoms with Crippen LogP contribution in [0.2, 0.25) is 0 Å². The minimum Gasteiger partial charge on any atom is -0.0622 e. The first-order valence-electron chi connectivity index (χ1n) is 8.83. The van der Waals surface area contributed by atoms with Gasteiger partial charge < -0.3 is 0 Å². The van der Waals surface area contributed by atoms with Crippen LogP contribution in [0, 0.1) is 34.5 Å². The Hall–Kier alpha value is -0.520. The highest BCUT2D eigenvalue weighted by molar-refractivity contribution is 5.35. The average molecular weight is 270 g/mol. The monoisotopic (exact) mass is 270 g/mol. The van der Waals surface area contributed by atoms with Gasteiger partial charge in [0.1, 0.15) is 0 Å². The second-order valence-corrected chi connectivity index (χ2v) is 9.10.